The zero-order valence-electron chi connectivity index (χ0n) is 21.7. The Kier molecular flexibility index (Phi) is 8.90. The van der Waals surface area contributed by atoms with Crippen molar-refractivity contribution in [1.29, 1.82) is 0 Å². The first-order chi connectivity index (χ1) is 18.2. The van der Waals surface area contributed by atoms with E-state index in [1.165, 1.54) is 51.6 Å². The second-order valence-electron chi connectivity index (χ2n) is 10.5. The van der Waals surface area contributed by atoms with Gasteiger partial charge in [0.05, 0.1) is 18.6 Å². The van der Waals surface area contributed by atoms with Crippen LogP contribution in [-0.2, 0) is 4.74 Å². The summed E-state index contributed by atoms with van der Waals surface area (Å²) >= 11 is 0. The van der Waals surface area contributed by atoms with E-state index in [2.05, 4.69) is 43.0 Å². The van der Waals surface area contributed by atoms with Gasteiger partial charge in [0.1, 0.15) is 17.9 Å². The van der Waals surface area contributed by atoms with Crippen molar-refractivity contribution >= 4 is 29.6 Å². The largest absolute Gasteiger partial charge is 0.494 e. The number of ether oxygens (including phenoxy) is 1. The third kappa shape index (κ3) is 7.44. The van der Waals surface area contributed by atoms with Crippen LogP contribution in [0.3, 0.4) is 0 Å². The normalized spacial score (nSPS) is 24.0. The molecule has 8 heteroatoms. The summed E-state index contributed by atoms with van der Waals surface area (Å²) in [4.78, 5) is 23.9. The fraction of sp³-hybridized carbons (Fsp3) is 0.552. The van der Waals surface area contributed by atoms with Gasteiger partial charge < -0.3 is 25.6 Å². The highest BCUT2D eigenvalue weighted by Crippen LogP contribution is 2.26. The molecule has 2 atom stereocenters. The molecular formula is C29H40N6O2. The third-order valence-corrected chi connectivity index (χ3v) is 7.61. The number of hydrogen-bond donors (Lipinski definition) is 3. The summed E-state index contributed by atoms with van der Waals surface area (Å²) in [5, 5.41) is 9.47. The highest BCUT2D eigenvalue weighted by Gasteiger charge is 2.28. The van der Waals surface area contributed by atoms with Crippen LogP contribution in [0.5, 0.6) is 0 Å². The number of nitrogens with one attached hydrogen (secondary N) is 3. The zero-order chi connectivity index (χ0) is 25.3. The Labute approximate surface area is 220 Å². The minimum absolute atomic E-state index is 0.0217. The summed E-state index contributed by atoms with van der Waals surface area (Å²) in [6, 6.07) is 7.86. The number of piperidine rings is 1. The van der Waals surface area contributed by atoms with Gasteiger partial charge in [-0.15, -0.1) is 0 Å². The smallest absolute Gasteiger partial charge is 0.319 e. The predicted molar refractivity (Wildman–Crippen MR) is 150 cm³/mol. The molecule has 2 aliphatic heterocycles. The molecule has 1 aromatic carbocycles. The highest BCUT2D eigenvalue weighted by atomic mass is 16.5. The minimum Gasteiger partial charge on any atom is -0.494 e. The van der Waals surface area contributed by atoms with E-state index in [-0.39, 0.29) is 24.0 Å². The number of urea groups is 1. The molecule has 5 rings (SSSR count). The lowest BCUT2D eigenvalue weighted by molar-refractivity contribution is 0.174. The van der Waals surface area contributed by atoms with Crippen molar-refractivity contribution < 1.29 is 9.53 Å². The van der Waals surface area contributed by atoms with Crippen LogP contribution in [0.15, 0.2) is 58.2 Å². The van der Waals surface area contributed by atoms with Crippen molar-refractivity contribution in [3.8, 4) is 0 Å². The maximum absolute atomic E-state index is 12.3. The Morgan fingerprint density at radius 3 is 2.57 bits per heavy atom. The molecule has 2 fully saturated rings. The Morgan fingerprint density at radius 2 is 1.76 bits per heavy atom. The lowest BCUT2D eigenvalue weighted by Gasteiger charge is -2.28. The number of amidine groups is 1. The van der Waals surface area contributed by atoms with Crippen LogP contribution in [0.1, 0.15) is 57.8 Å². The van der Waals surface area contributed by atoms with Gasteiger partial charge in [-0.25, -0.2) is 9.79 Å². The molecule has 2 unspecified atom stereocenters. The molecule has 0 radical (unpaired) electrons. The number of hydrogen-bond acceptors (Lipinski definition) is 6. The topological polar surface area (TPSA) is 90.3 Å². The number of carbonyl (C=O) groups is 1. The van der Waals surface area contributed by atoms with Gasteiger partial charge in [-0.1, -0.05) is 31.8 Å². The van der Waals surface area contributed by atoms with Crippen LogP contribution in [0.4, 0.5) is 16.2 Å². The van der Waals surface area contributed by atoms with Crippen LogP contribution in [0, 0.1) is 5.92 Å². The maximum Gasteiger partial charge on any atom is 0.319 e. The number of carbonyl (C=O) groups excluding carboxylic acids is 1. The molecule has 198 valence electrons. The van der Waals surface area contributed by atoms with Gasteiger partial charge in [-0.3, -0.25) is 4.99 Å². The van der Waals surface area contributed by atoms with Gasteiger partial charge in [0.15, 0.2) is 0 Å². The third-order valence-electron chi connectivity index (χ3n) is 7.61. The van der Waals surface area contributed by atoms with Crippen molar-refractivity contribution in [1.82, 2.24) is 10.2 Å². The van der Waals surface area contributed by atoms with E-state index in [4.69, 9.17) is 4.74 Å². The van der Waals surface area contributed by atoms with Gasteiger partial charge in [0.2, 0.25) is 0 Å². The van der Waals surface area contributed by atoms with E-state index in [9.17, 15) is 4.79 Å². The Balaban J connectivity index is 1.07. The Bertz CT molecular complexity index is 1020. The first kappa shape index (κ1) is 25.5. The zero-order valence-corrected chi connectivity index (χ0v) is 21.7. The van der Waals surface area contributed by atoms with E-state index >= 15 is 0 Å². The summed E-state index contributed by atoms with van der Waals surface area (Å²) in [5.74, 6) is 1.79. The van der Waals surface area contributed by atoms with Gasteiger partial charge in [0.25, 0.3) is 0 Å². The number of anilines is 2. The molecule has 4 aliphatic rings. The van der Waals surface area contributed by atoms with Gasteiger partial charge in [-0.2, -0.15) is 0 Å². The number of fused-ring (bicyclic) bond motifs is 1. The predicted octanol–water partition coefficient (Wildman–Crippen LogP) is 5.32. The minimum atomic E-state index is -0.132. The summed E-state index contributed by atoms with van der Waals surface area (Å²) in [5.41, 5.74) is 1.69. The second-order valence-corrected chi connectivity index (χ2v) is 10.5. The average Bonchev–Trinajstić information content (AvgIpc) is 2.93. The summed E-state index contributed by atoms with van der Waals surface area (Å²) in [6.45, 7) is 4.30. The number of allylic oxidation sites excluding steroid dienone is 1. The molecule has 1 saturated carbocycles. The van der Waals surface area contributed by atoms with Crippen molar-refractivity contribution in [3.05, 3.63) is 48.3 Å². The molecule has 1 saturated heterocycles. The van der Waals surface area contributed by atoms with E-state index in [1.54, 1.807) is 6.34 Å². The molecule has 8 nitrogen and oxygen atoms in total. The molecule has 2 amide bonds. The van der Waals surface area contributed by atoms with E-state index < -0.39 is 0 Å². The number of rotatable bonds is 8. The molecule has 2 heterocycles. The molecule has 3 N–H and O–H groups in total. The van der Waals surface area contributed by atoms with E-state index in [0.29, 0.717) is 0 Å². The fourth-order valence-electron chi connectivity index (χ4n) is 5.54. The second kappa shape index (κ2) is 12.9. The van der Waals surface area contributed by atoms with Crippen molar-refractivity contribution in [2.75, 3.05) is 36.9 Å². The molecule has 0 spiro atoms. The van der Waals surface area contributed by atoms with Crippen LogP contribution in [-0.4, -0.2) is 61.4 Å². The molecular weight excluding hydrogens is 464 g/mol. The van der Waals surface area contributed by atoms with Crippen LogP contribution < -0.4 is 16.0 Å². The van der Waals surface area contributed by atoms with Gasteiger partial charge in [-0.05, 0) is 81.6 Å². The summed E-state index contributed by atoms with van der Waals surface area (Å²) < 4.78 is 6.04. The number of amides is 2. The maximum atomic E-state index is 12.3. The molecule has 37 heavy (non-hydrogen) atoms. The van der Waals surface area contributed by atoms with Crippen molar-refractivity contribution in [3.63, 3.8) is 0 Å². The molecule has 1 aromatic rings. The van der Waals surface area contributed by atoms with E-state index in [1.807, 2.05) is 30.3 Å². The fourth-order valence-corrected chi connectivity index (χ4v) is 5.54. The number of aliphatic imine (C=N–C) groups is 2. The summed E-state index contributed by atoms with van der Waals surface area (Å²) in [6.07, 6.45) is 18.7. The lowest BCUT2D eigenvalue weighted by Crippen LogP contribution is -2.39. The SMILES string of the molecule is O=C(Nc1ccc(NC2=NC=NC3C=C(OCCCN4CCCCC4)C=CC23)cc1)NC1CCCCC1. The molecule has 0 aromatic heterocycles. The number of benzene rings is 1. The quantitative estimate of drug-likeness (QED) is 0.418. The van der Waals surface area contributed by atoms with Crippen LogP contribution >= 0.6 is 0 Å². The molecule has 0 bridgehead atoms. The number of likely N-dealkylation sites (tertiary alicyclic amines) is 1. The first-order valence-electron chi connectivity index (χ1n) is 14.0. The monoisotopic (exact) mass is 504 g/mol. The number of nitrogens with zero attached hydrogens (tertiary/aromatic N) is 3. The van der Waals surface area contributed by atoms with Gasteiger partial charge in [0, 0.05) is 24.0 Å². The average molecular weight is 505 g/mol. The van der Waals surface area contributed by atoms with Gasteiger partial charge >= 0.3 is 6.03 Å². The van der Waals surface area contributed by atoms with E-state index in [0.717, 1.165) is 55.4 Å². The highest BCUT2D eigenvalue weighted by molar-refractivity contribution is 6.04. The van der Waals surface area contributed by atoms with Crippen LogP contribution in [0.2, 0.25) is 0 Å². The Hall–Kier alpha value is -3.13. The standard InChI is InChI=1S/C29H40N6O2/c36-29(33-22-8-3-1-4-9-22)34-24-12-10-23(11-13-24)32-28-26-15-14-25(20-27(26)30-21-31-28)37-19-7-18-35-16-5-2-6-17-35/h10-15,20-22,26-27H,1-9,16-19H2,(H,30,31,32)(H2,33,34,36). The van der Waals surface area contributed by atoms with Crippen molar-refractivity contribution in [2.45, 2.75) is 69.9 Å². The first-order valence-corrected chi connectivity index (χ1v) is 14.0. The van der Waals surface area contributed by atoms with Crippen molar-refractivity contribution in [2.24, 2.45) is 15.9 Å². The van der Waals surface area contributed by atoms with Crippen LogP contribution in [0.25, 0.3) is 0 Å². The molecule has 2 aliphatic carbocycles. The lowest BCUT2D eigenvalue weighted by atomic mass is 9.92. The summed E-state index contributed by atoms with van der Waals surface area (Å²) in [7, 11) is 0. The Morgan fingerprint density at radius 1 is 1.00 bits per heavy atom.